The molecule has 6 heteroatoms. The fraction of sp³-hybridized carbons (Fsp3) is 0.450. The van der Waals surface area contributed by atoms with Gasteiger partial charge in [0.2, 0.25) is 11.1 Å². The predicted octanol–water partition coefficient (Wildman–Crippen LogP) is 4.08. The molecule has 1 aliphatic carbocycles. The van der Waals surface area contributed by atoms with E-state index in [-0.39, 0.29) is 23.2 Å². The average Bonchev–Trinajstić information content (AvgIpc) is 3.01. The van der Waals surface area contributed by atoms with E-state index in [0.29, 0.717) is 17.5 Å². The lowest BCUT2D eigenvalue weighted by atomic mass is 9.72. The van der Waals surface area contributed by atoms with Gasteiger partial charge in [-0.15, -0.1) is 5.10 Å². The van der Waals surface area contributed by atoms with Crippen molar-refractivity contribution in [3.63, 3.8) is 0 Å². The highest BCUT2D eigenvalue weighted by Gasteiger charge is 2.45. The maximum Gasteiger partial charge on any atom is 0.227 e. The Labute approximate surface area is 158 Å². The van der Waals surface area contributed by atoms with Crippen LogP contribution in [0.25, 0.3) is 0 Å². The molecule has 1 aromatic carbocycles. The molecule has 0 saturated carbocycles. The summed E-state index contributed by atoms with van der Waals surface area (Å²) in [5.74, 6) is 0.739. The van der Waals surface area contributed by atoms with Gasteiger partial charge in [-0.05, 0) is 29.2 Å². The van der Waals surface area contributed by atoms with Crippen molar-refractivity contribution in [1.82, 2.24) is 14.8 Å². The van der Waals surface area contributed by atoms with Gasteiger partial charge in [0.15, 0.2) is 0 Å². The lowest BCUT2D eigenvalue weighted by molar-refractivity contribution is -0.125. The molecule has 2 aromatic rings. The van der Waals surface area contributed by atoms with Gasteiger partial charge >= 0.3 is 0 Å². The molecule has 2 atom stereocenters. The van der Waals surface area contributed by atoms with Crippen molar-refractivity contribution < 1.29 is 4.79 Å². The lowest BCUT2D eigenvalue weighted by Crippen LogP contribution is -2.42. The number of carbonyl (C=O) groups is 1. The Morgan fingerprint density at radius 3 is 2.69 bits per heavy atom. The summed E-state index contributed by atoms with van der Waals surface area (Å²) in [4.78, 5) is 17.7. The van der Waals surface area contributed by atoms with Crippen molar-refractivity contribution in [2.75, 3.05) is 11.6 Å². The van der Waals surface area contributed by atoms with Crippen LogP contribution in [0.2, 0.25) is 0 Å². The standard InChI is InChI=1S/C20H24N4OS/c1-5-12-6-8-13(9-7-12)17-16-14(10-20(2,3)11-15(16)25)21-18-22-19(26-4)23-24(17)18/h6-10,16-17H,5,11H2,1-4H3,(H,21,22,23)/t16-,17-/m1/s1. The highest BCUT2D eigenvalue weighted by atomic mass is 32.2. The Kier molecular flexibility index (Phi) is 4.18. The van der Waals surface area contributed by atoms with Crippen LogP contribution in [-0.2, 0) is 11.2 Å². The van der Waals surface area contributed by atoms with Gasteiger partial charge in [-0.2, -0.15) is 4.98 Å². The second-order valence-corrected chi connectivity index (χ2v) is 8.51. The molecular weight excluding hydrogens is 344 g/mol. The number of allylic oxidation sites excluding steroid dienone is 2. The van der Waals surface area contributed by atoms with Gasteiger partial charge in [0.1, 0.15) is 5.78 Å². The van der Waals surface area contributed by atoms with Crippen molar-refractivity contribution in [3.05, 3.63) is 47.2 Å². The smallest absolute Gasteiger partial charge is 0.227 e. The van der Waals surface area contributed by atoms with E-state index >= 15 is 0 Å². The van der Waals surface area contributed by atoms with Crippen molar-refractivity contribution in [2.45, 2.75) is 44.8 Å². The molecule has 1 N–H and O–H groups in total. The first-order chi connectivity index (χ1) is 12.4. The third-order valence-electron chi connectivity index (χ3n) is 5.22. The first kappa shape index (κ1) is 17.3. The predicted molar refractivity (Wildman–Crippen MR) is 104 cm³/mol. The van der Waals surface area contributed by atoms with Crippen LogP contribution in [0.4, 0.5) is 5.95 Å². The van der Waals surface area contributed by atoms with Gasteiger partial charge in [-0.25, -0.2) is 4.68 Å². The molecule has 1 aliphatic heterocycles. The fourth-order valence-electron chi connectivity index (χ4n) is 3.98. The maximum atomic E-state index is 13.1. The number of carbonyl (C=O) groups excluding carboxylic acids is 1. The third kappa shape index (κ3) is 2.86. The first-order valence-corrected chi connectivity index (χ1v) is 10.3. The van der Waals surface area contributed by atoms with E-state index in [1.807, 2.05) is 10.9 Å². The number of aromatic nitrogens is 3. The first-order valence-electron chi connectivity index (χ1n) is 9.03. The minimum Gasteiger partial charge on any atom is -0.328 e. The molecule has 2 heterocycles. The van der Waals surface area contributed by atoms with Crippen molar-refractivity contribution in [1.29, 1.82) is 0 Å². The van der Waals surface area contributed by atoms with Crippen LogP contribution < -0.4 is 5.32 Å². The molecule has 136 valence electrons. The summed E-state index contributed by atoms with van der Waals surface area (Å²) in [6.45, 7) is 6.36. The number of Topliss-reactive ketones (excluding diaryl/α,β-unsaturated/α-hetero) is 1. The van der Waals surface area contributed by atoms with E-state index < -0.39 is 0 Å². The quantitative estimate of drug-likeness (QED) is 0.828. The topological polar surface area (TPSA) is 59.8 Å². The Morgan fingerprint density at radius 1 is 1.31 bits per heavy atom. The number of thioether (sulfide) groups is 1. The molecule has 26 heavy (non-hydrogen) atoms. The molecular formula is C20H24N4OS. The zero-order chi connectivity index (χ0) is 18.5. The van der Waals surface area contributed by atoms with Crippen molar-refractivity contribution in [2.24, 2.45) is 11.3 Å². The molecule has 2 aliphatic rings. The molecule has 0 radical (unpaired) electrons. The molecule has 4 rings (SSSR count). The van der Waals surface area contributed by atoms with E-state index in [0.717, 1.165) is 17.7 Å². The number of hydrogen-bond donors (Lipinski definition) is 1. The second kappa shape index (κ2) is 6.27. The molecule has 0 bridgehead atoms. The zero-order valence-corrected chi connectivity index (χ0v) is 16.4. The minimum absolute atomic E-state index is 0.142. The number of benzene rings is 1. The van der Waals surface area contributed by atoms with Crippen LogP contribution in [0.5, 0.6) is 0 Å². The number of nitrogens with zero attached hydrogens (tertiary/aromatic N) is 3. The second-order valence-electron chi connectivity index (χ2n) is 7.74. The molecule has 0 unspecified atom stereocenters. The van der Waals surface area contributed by atoms with Crippen LogP contribution in [0.3, 0.4) is 0 Å². The van der Waals surface area contributed by atoms with E-state index in [1.165, 1.54) is 17.3 Å². The summed E-state index contributed by atoms with van der Waals surface area (Å²) in [5.41, 5.74) is 3.21. The Bertz CT molecular complexity index is 882. The van der Waals surface area contributed by atoms with Crippen LogP contribution in [0, 0.1) is 11.3 Å². The van der Waals surface area contributed by atoms with Crippen LogP contribution in [0.15, 0.2) is 41.2 Å². The van der Waals surface area contributed by atoms with Gasteiger partial charge in [0.25, 0.3) is 0 Å². The van der Waals surface area contributed by atoms with E-state index in [9.17, 15) is 4.79 Å². The summed E-state index contributed by atoms with van der Waals surface area (Å²) in [5, 5.41) is 8.75. The number of fused-ring (bicyclic) bond motifs is 2. The summed E-state index contributed by atoms with van der Waals surface area (Å²) < 4.78 is 1.89. The fourth-order valence-corrected chi connectivity index (χ4v) is 4.33. The Balaban J connectivity index is 1.88. The maximum absolute atomic E-state index is 13.1. The van der Waals surface area contributed by atoms with E-state index in [4.69, 9.17) is 0 Å². The van der Waals surface area contributed by atoms with Crippen molar-refractivity contribution in [3.8, 4) is 0 Å². The summed E-state index contributed by atoms with van der Waals surface area (Å²) in [6, 6.07) is 8.39. The van der Waals surface area contributed by atoms with Crippen LogP contribution >= 0.6 is 11.8 Å². The molecule has 0 fully saturated rings. The number of anilines is 1. The van der Waals surface area contributed by atoms with E-state index in [1.54, 1.807) is 0 Å². The number of rotatable bonds is 3. The molecule has 1 aromatic heterocycles. The monoisotopic (exact) mass is 368 g/mol. The normalized spacial score (nSPS) is 23.7. The summed E-state index contributed by atoms with van der Waals surface area (Å²) in [6.07, 6.45) is 5.71. The number of ketones is 1. The summed E-state index contributed by atoms with van der Waals surface area (Å²) in [7, 11) is 0. The number of nitrogens with one attached hydrogen (secondary N) is 1. The van der Waals surface area contributed by atoms with Gasteiger partial charge < -0.3 is 5.32 Å². The highest BCUT2D eigenvalue weighted by Crippen LogP contribution is 2.45. The lowest BCUT2D eigenvalue weighted by Gasteiger charge is -2.40. The largest absolute Gasteiger partial charge is 0.328 e. The van der Waals surface area contributed by atoms with Gasteiger partial charge in [0, 0.05) is 12.1 Å². The average molecular weight is 369 g/mol. The zero-order valence-electron chi connectivity index (χ0n) is 15.6. The Morgan fingerprint density at radius 2 is 2.04 bits per heavy atom. The minimum atomic E-state index is -0.237. The van der Waals surface area contributed by atoms with E-state index in [2.05, 4.69) is 66.5 Å². The molecule has 0 saturated heterocycles. The Hall–Kier alpha value is -2.08. The van der Waals surface area contributed by atoms with Crippen molar-refractivity contribution >= 4 is 23.5 Å². The van der Waals surface area contributed by atoms with Crippen LogP contribution in [0.1, 0.15) is 44.4 Å². The van der Waals surface area contributed by atoms with Crippen LogP contribution in [-0.4, -0.2) is 26.8 Å². The number of hydrogen-bond acceptors (Lipinski definition) is 5. The van der Waals surface area contributed by atoms with Gasteiger partial charge in [-0.1, -0.05) is 62.9 Å². The number of aryl methyl sites for hydroxylation is 1. The third-order valence-corrected chi connectivity index (χ3v) is 5.76. The summed E-state index contributed by atoms with van der Waals surface area (Å²) >= 11 is 1.51. The molecule has 0 amide bonds. The SMILES string of the molecule is CCc1ccc([C@@H]2[C@H]3C(=O)CC(C)(C)C=C3Nc3nc(SC)nn32)cc1. The molecule has 0 spiro atoms. The van der Waals surface area contributed by atoms with Gasteiger partial charge in [-0.3, -0.25) is 4.79 Å². The highest BCUT2D eigenvalue weighted by molar-refractivity contribution is 7.98. The van der Waals surface area contributed by atoms with Gasteiger partial charge in [0.05, 0.1) is 12.0 Å². The molecule has 5 nitrogen and oxygen atoms in total.